The largest absolute Gasteiger partial charge is 0.497 e. The Morgan fingerprint density at radius 1 is 1.21 bits per heavy atom. The number of methoxy groups -OCH3 is 1. The highest BCUT2D eigenvalue weighted by molar-refractivity contribution is 6.30. The van der Waals surface area contributed by atoms with Gasteiger partial charge in [-0.05, 0) is 35.9 Å². The Morgan fingerprint density at radius 2 is 1.95 bits per heavy atom. The van der Waals surface area contributed by atoms with Gasteiger partial charge in [-0.1, -0.05) is 29.8 Å². The van der Waals surface area contributed by atoms with Gasteiger partial charge in [-0.15, -0.1) is 0 Å². The Hall–Kier alpha value is -2.00. The highest BCUT2D eigenvalue weighted by Crippen LogP contribution is 2.12. The smallest absolute Gasteiger partial charge is 0.251 e. The number of carbonyl (C=O) groups excluding carboxylic acids is 1. The number of hydrogen-bond donors (Lipinski definition) is 1. The number of amides is 1. The average Bonchev–Trinajstić information content (AvgIpc) is 2.45. The van der Waals surface area contributed by atoms with E-state index in [9.17, 15) is 4.79 Å². The van der Waals surface area contributed by atoms with Crippen molar-refractivity contribution < 1.29 is 9.53 Å². The van der Waals surface area contributed by atoms with Crippen LogP contribution in [0.4, 0.5) is 0 Å². The van der Waals surface area contributed by atoms with Gasteiger partial charge in [0.05, 0.1) is 7.11 Å². The van der Waals surface area contributed by atoms with Gasteiger partial charge in [0.2, 0.25) is 0 Å². The number of carbonyl (C=O) groups is 1. The molecule has 0 bridgehead atoms. The first-order chi connectivity index (χ1) is 9.19. The molecule has 1 amide bonds. The molecule has 0 heterocycles. The van der Waals surface area contributed by atoms with E-state index in [4.69, 9.17) is 16.3 Å². The fraction of sp³-hybridized carbons (Fsp3) is 0.133. The molecule has 0 aliphatic heterocycles. The highest BCUT2D eigenvalue weighted by atomic mass is 35.5. The number of ether oxygens (including phenoxy) is 1. The maximum Gasteiger partial charge on any atom is 0.251 e. The molecular formula is C15H14ClNO2. The molecule has 2 aromatic rings. The third-order valence-electron chi connectivity index (χ3n) is 2.70. The van der Waals surface area contributed by atoms with Crippen LogP contribution in [0, 0.1) is 0 Å². The van der Waals surface area contributed by atoms with Gasteiger partial charge in [0.25, 0.3) is 5.91 Å². The van der Waals surface area contributed by atoms with Crippen molar-refractivity contribution in [3.8, 4) is 5.75 Å². The van der Waals surface area contributed by atoms with Gasteiger partial charge in [-0.2, -0.15) is 0 Å². The molecule has 0 aliphatic rings. The minimum Gasteiger partial charge on any atom is -0.497 e. The van der Waals surface area contributed by atoms with Crippen LogP contribution in [0.5, 0.6) is 5.75 Å². The van der Waals surface area contributed by atoms with Crippen LogP contribution in [-0.4, -0.2) is 13.0 Å². The fourth-order valence-electron chi connectivity index (χ4n) is 1.66. The summed E-state index contributed by atoms with van der Waals surface area (Å²) in [5.74, 6) is 0.656. The van der Waals surface area contributed by atoms with Crippen molar-refractivity contribution in [2.24, 2.45) is 0 Å². The molecule has 0 fully saturated rings. The van der Waals surface area contributed by atoms with Gasteiger partial charge in [0.1, 0.15) is 5.75 Å². The molecule has 0 saturated carbocycles. The van der Waals surface area contributed by atoms with Gasteiger partial charge in [-0.25, -0.2) is 0 Å². The zero-order chi connectivity index (χ0) is 13.7. The van der Waals surface area contributed by atoms with E-state index in [2.05, 4.69) is 5.32 Å². The zero-order valence-electron chi connectivity index (χ0n) is 10.5. The van der Waals surface area contributed by atoms with Crippen LogP contribution in [0.2, 0.25) is 5.02 Å². The molecule has 0 atom stereocenters. The normalized spacial score (nSPS) is 10.0. The minimum absolute atomic E-state index is 0.140. The molecule has 4 heteroatoms. The third-order valence-corrected chi connectivity index (χ3v) is 2.93. The van der Waals surface area contributed by atoms with Crippen LogP contribution in [0.25, 0.3) is 0 Å². The Morgan fingerprint density at radius 3 is 2.58 bits per heavy atom. The molecule has 98 valence electrons. The Balaban J connectivity index is 1.96. The van der Waals surface area contributed by atoms with E-state index in [0.717, 1.165) is 11.3 Å². The van der Waals surface area contributed by atoms with Crippen LogP contribution in [0.3, 0.4) is 0 Å². The summed E-state index contributed by atoms with van der Waals surface area (Å²) < 4.78 is 5.08. The molecule has 0 saturated heterocycles. The van der Waals surface area contributed by atoms with Crippen LogP contribution in [0.1, 0.15) is 15.9 Å². The zero-order valence-corrected chi connectivity index (χ0v) is 11.3. The maximum atomic E-state index is 11.9. The monoisotopic (exact) mass is 275 g/mol. The average molecular weight is 276 g/mol. The van der Waals surface area contributed by atoms with E-state index in [1.807, 2.05) is 24.3 Å². The summed E-state index contributed by atoms with van der Waals surface area (Å²) in [6, 6.07) is 14.4. The predicted octanol–water partition coefficient (Wildman–Crippen LogP) is 3.28. The first-order valence-electron chi connectivity index (χ1n) is 5.86. The standard InChI is InChI=1S/C15H14ClNO2/c1-19-14-7-5-11(6-8-14)10-17-15(18)12-3-2-4-13(16)9-12/h2-9H,10H2,1H3,(H,17,18). The molecular weight excluding hydrogens is 262 g/mol. The molecule has 2 rings (SSSR count). The Bertz CT molecular complexity index is 567. The summed E-state index contributed by atoms with van der Waals surface area (Å²) in [5, 5.41) is 3.39. The second-order valence-electron chi connectivity index (χ2n) is 4.04. The number of nitrogens with one attached hydrogen (secondary N) is 1. The van der Waals surface area contributed by atoms with Crippen LogP contribution < -0.4 is 10.1 Å². The first kappa shape index (κ1) is 13.4. The van der Waals surface area contributed by atoms with Crippen LogP contribution >= 0.6 is 11.6 Å². The van der Waals surface area contributed by atoms with Crippen molar-refractivity contribution in [2.75, 3.05) is 7.11 Å². The second kappa shape index (κ2) is 6.25. The molecule has 0 aromatic heterocycles. The Kier molecular flexibility index (Phi) is 4.42. The van der Waals surface area contributed by atoms with Gasteiger partial charge in [0, 0.05) is 17.1 Å². The van der Waals surface area contributed by atoms with E-state index in [1.54, 1.807) is 31.4 Å². The summed E-state index contributed by atoms with van der Waals surface area (Å²) in [4.78, 5) is 11.9. The van der Waals surface area contributed by atoms with Crippen molar-refractivity contribution in [1.29, 1.82) is 0 Å². The minimum atomic E-state index is -0.140. The molecule has 0 unspecified atom stereocenters. The summed E-state index contributed by atoms with van der Waals surface area (Å²) in [7, 11) is 1.62. The van der Waals surface area contributed by atoms with Gasteiger partial charge in [-0.3, -0.25) is 4.79 Å². The lowest BCUT2D eigenvalue weighted by molar-refractivity contribution is 0.0951. The summed E-state index contributed by atoms with van der Waals surface area (Å²) in [6.07, 6.45) is 0. The highest BCUT2D eigenvalue weighted by Gasteiger charge is 2.05. The molecule has 0 aliphatic carbocycles. The lowest BCUT2D eigenvalue weighted by atomic mass is 10.2. The van der Waals surface area contributed by atoms with Gasteiger partial charge >= 0.3 is 0 Å². The van der Waals surface area contributed by atoms with Crippen molar-refractivity contribution in [3.05, 3.63) is 64.7 Å². The molecule has 2 aromatic carbocycles. The maximum absolute atomic E-state index is 11.9. The van der Waals surface area contributed by atoms with Crippen molar-refractivity contribution in [1.82, 2.24) is 5.32 Å². The van der Waals surface area contributed by atoms with Crippen LogP contribution in [-0.2, 0) is 6.54 Å². The fourth-order valence-corrected chi connectivity index (χ4v) is 1.85. The molecule has 0 radical (unpaired) electrons. The molecule has 19 heavy (non-hydrogen) atoms. The van der Waals surface area contributed by atoms with Crippen molar-refractivity contribution in [2.45, 2.75) is 6.54 Å². The number of hydrogen-bond acceptors (Lipinski definition) is 2. The number of benzene rings is 2. The van der Waals surface area contributed by atoms with E-state index < -0.39 is 0 Å². The van der Waals surface area contributed by atoms with E-state index in [-0.39, 0.29) is 5.91 Å². The van der Waals surface area contributed by atoms with E-state index >= 15 is 0 Å². The van der Waals surface area contributed by atoms with Gasteiger partial charge < -0.3 is 10.1 Å². The SMILES string of the molecule is COc1ccc(CNC(=O)c2cccc(Cl)c2)cc1. The quantitative estimate of drug-likeness (QED) is 0.930. The molecule has 1 N–H and O–H groups in total. The van der Waals surface area contributed by atoms with E-state index in [0.29, 0.717) is 17.1 Å². The van der Waals surface area contributed by atoms with Gasteiger partial charge in [0.15, 0.2) is 0 Å². The van der Waals surface area contributed by atoms with Crippen molar-refractivity contribution >= 4 is 17.5 Å². The Labute approximate surface area is 117 Å². The first-order valence-corrected chi connectivity index (χ1v) is 6.23. The lowest BCUT2D eigenvalue weighted by Crippen LogP contribution is -2.22. The predicted molar refractivity (Wildman–Crippen MR) is 75.6 cm³/mol. The topological polar surface area (TPSA) is 38.3 Å². The summed E-state index contributed by atoms with van der Waals surface area (Å²) in [5.41, 5.74) is 1.57. The molecule has 3 nitrogen and oxygen atoms in total. The third kappa shape index (κ3) is 3.73. The summed E-state index contributed by atoms with van der Waals surface area (Å²) >= 11 is 5.85. The van der Waals surface area contributed by atoms with Crippen molar-refractivity contribution in [3.63, 3.8) is 0 Å². The van der Waals surface area contributed by atoms with E-state index in [1.165, 1.54) is 0 Å². The van der Waals surface area contributed by atoms with Crippen LogP contribution in [0.15, 0.2) is 48.5 Å². The molecule has 0 spiro atoms. The second-order valence-corrected chi connectivity index (χ2v) is 4.48. The number of halogens is 1. The number of rotatable bonds is 4. The lowest BCUT2D eigenvalue weighted by Gasteiger charge is -2.06. The summed E-state index contributed by atoms with van der Waals surface area (Å²) in [6.45, 7) is 0.468.